The van der Waals surface area contributed by atoms with E-state index >= 15 is 0 Å². The highest BCUT2D eigenvalue weighted by molar-refractivity contribution is 7.10. The number of hydrogen-bond donors (Lipinski definition) is 1. The van der Waals surface area contributed by atoms with E-state index in [0.29, 0.717) is 19.0 Å². The van der Waals surface area contributed by atoms with Gasteiger partial charge in [-0.05, 0) is 23.6 Å². The molecule has 2 atom stereocenters. The zero-order valence-electron chi connectivity index (χ0n) is 13.1. The van der Waals surface area contributed by atoms with Crippen LogP contribution in [0.4, 0.5) is 4.79 Å². The molecule has 0 saturated carbocycles. The second-order valence-corrected chi connectivity index (χ2v) is 6.75. The van der Waals surface area contributed by atoms with Crippen LogP contribution < -0.4 is 10.1 Å². The summed E-state index contributed by atoms with van der Waals surface area (Å²) in [5.41, 5.74) is 0. The van der Waals surface area contributed by atoms with Gasteiger partial charge in [-0.3, -0.25) is 4.98 Å². The van der Waals surface area contributed by atoms with Crippen LogP contribution in [0.3, 0.4) is 0 Å². The highest BCUT2D eigenvalue weighted by Gasteiger charge is 2.27. The van der Waals surface area contributed by atoms with Crippen LogP contribution in [0.5, 0.6) is 5.75 Å². The number of aromatic nitrogens is 1. The largest absolute Gasteiger partial charge is 0.487 e. The molecule has 1 saturated heterocycles. The van der Waals surface area contributed by atoms with Gasteiger partial charge in [0, 0.05) is 36.5 Å². The maximum absolute atomic E-state index is 12.3. The van der Waals surface area contributed by atoms with Gasteiger partial charge in [0.05, 0.1) is 12.7 Å². The van der Waals surface area contributed by atoms with Gasteiger partial charge in [-0.1, -0.05) is 13.0 Å². The Balaban J connectivity index is 1.44. The lowest BCUT2D eigenvalue weighted by Gasteiger charge is -2.19. The van der Waals surface area contributed by atoms with E-state index in [0.717, 1.165) is 18.7 Å². The third kappa shape index (κ3) is 4.22. The Morgan fingerprint density at radius 3 is 3.17 bits per heavy atom. The van der Waals surface area contributed by atoms with Gasteiger partial charge in [0.1, 0.15) is 11.9 Å². The SMILES string of the molecule is CC(CNC(=O)N1CCC(Oc2cccnc2)C1)c1cccs1. The molecule has 2 aromatic heterocycles. The number of hydrogen-bond acceptors (Lipinski definition) is 4. The molecule has 3 rings (SSSR count). The Morgan fingerprint density at radius 2 is 2.43 bits per heavy atom. The quantitative estimate of drug-likeness (QED) is 0.916. The molecule has 122 valence electrons. The second-order valence-electron chi connectivity index (χ2n) is 5.77. The van der Waals surface area contributed by atoms with Crippen molar-refractivity contribution in [3.05, 3.63) is 46.9 Å². The maximum Gasteiger partial charge on any atom is 0.317 e. The number of nitrogens with zero attached hydrogens (tertiary/aromatic N) is 2. The van der Waals surface area contributed by atoms with E-state index in [1.807, 2.05) is 23.1 Å². The number of pyridine rings is 1. The average Bonchev–Trinajstić information content (AvgIpc) is 3.25. The molecule has 0 spiro atoms. The Morgan fingerprint density at radius 1 is 1.52 bits per heavy atom. The first-order chi connectivity index (χ1) is 11.2. The molecule has 6 heteroatoms. The number of urea groups is 1. The van der Waals surface area contributed by atoms with Crippen molar-refractivity contribution in [3.63, 3.8) is 0 Å². The first-order valence-electron chi connectivity index (χ1n) is 7.85. The van der Waals surface area contributed by atoms with Crippen LogP contribution in [-0.4, -0.2) is 41.7 Å². The third-order valence-electron chi connectivity index (χ3n) is 3.96. The number of likely N-dealkylation sites (tertiary alicyclic amines) is 1. The van der Waals surface area contributed by atoms with Gasteiger partial charge < -0.3 is 15.0 Å². The molecular weight excluding hydrogens is 310 g/mol. The van der Waals surface area contributed by atoms with Crippen LogP contribution in [0.15, 0.2) is 42.0 Å². The molecule has 3 heterocycles. The van der Waals surface area contributed by atoms with Crippen molar-refractivity contribution in [1.82, 2.24) is 15.2 Å². The predicted molar refractivity (Wildman–Crippen MR) is 91.0 cm³/mol. The molecule has 2 amide bonds. The molecule has 2 unspecified atom stereocenters. The van der Waals surface area contributed by atoms with Crippen LogP contribution in [0.2, 0.25) is 0 Å². The molecule has 0 bridgehead atoms. The molecule has 1 N–H and O–H groups in total. The zero-order valence-corrected chi connectivity index (χ0v) is 14.0. The topological polar surface area (TPSA) is 54.5 Å². The minimum atomic E-state index is -0.00862. The summed E-state index contributed by atoms with van der Waals surface area (Å²) in [6, 6.07) is 7.87. The molecule has 1 fully saturated rings. The lowest BCUT2D eigenvalue weighted by atomic mass is 10.1. The number of rotatable bonds is 5. The third-order valence-corrected chi connectivity index (χ3v) is 5.06. The monoisotopic (exact) mass is 331 g/mol. The van der Waals surface area contributed by atoms with Gasteiger partial charge in [-0.25, -0.2) is 4.79 Å². The highest BCUT2D eigenvalue weighted by Crippen LogP contribution is 2.20. The van der Waals surface area contributed by atoms with Gasteiger partial charge >= 0.3 is 6.03 Å². The first-order valence-corrected chi connectivity index (χ1v) is 8.73. The fraction of sp³-hybridized carbons (Fsp3) is 0.412. The summed E-state index contributed by atoms with van der Waals surface area (Å²) in [5, 5.41) is 5.09. The first kappa shape index (κ1) is 15.8. The van der Waals surface area contributed by atoms with Crippen molar-refractivity contribution in [3.8, 4) is 5.75 Å². The Kier molecular flexibility index (Phi) is 5.12. The number of carbonyl (C=O) groups excluding carboxylic acids is 1. The number of amides is 2. The van der Waals surface area contributed by atoms with Crippen LogP contribution in [-0.2, 0) is 0 Å². The van der Waals surface area contributed by atoms with Gasteiger partial charge in [0.25, 0.3) is 0 Å². The number of nitrogens with one attached hydrogen (secondary N) is 1. The van der Waals surface area contributed by atoms with E-state index in [2.05, 4.69) is 28.7 Å². The molecule has 1 aliphatic rings. The fourth-order valence-electron chi connectivity index (χ4n) is 2.64. The zero-order chi connectivity index (χ0) is 16.1. The fourth-order valence-corrected chi connectivity index (χ4v) is 3.43. The van der Waals surface area contributed by atoms with E-state index < -0.39 is 0 Å². The molecule has 1 aliphatic heterocycles. The summed E-state index contributed by atoms with van der Waals surface area (Å²) in [4.78, 5) is 19.4. The lowest BCUT2D eigenvalue weighted by Crippen LogP contribution is -2.40. The molecule has 5 nitrogen and oxygen atoms in total. The standard InChI is InChI=1S/C17H21N3O2S/c1-13(16-5-3-9-23-16)10-19-17(21)20-8-6-15(12-20)22-14-4-2-7-18-11-14/h2-5,7,9,11,13,15H,6,8,10,12H2,1H3,(H,19,21). The summed E-state index contributed by atoms with van der Waals surface area (Å²) in [5.74, 6) is 1.09. The lowest BCUT2D eigenvalue weighted by molar-refractivity contribution is 0.186. The molecule has 0 aromatic carbocycles. The smallest absolute Gasteiger partial charge is 0.317 e. The second kappa shape index (κ2) is 7.46. The van der Waals surface area contributed by atoms with E-state index in [-0.39, 0.29) is 12.1 Å². The van der Waals surface area contributed by atoms with E-state index in [9.17, 15) is 4.79 Å². The minimum absolute atomic E-state index is 0.00862. The predicted octanol–water partition coefficient (Wildman–Crippen LogP) is 3.11. The van der Waals surface area contributed by atoms with E-state index in [1.54, 1.807) is 23.7 Å². The normalized spacial score (nSPS) is 18.7. The summed E-state index contributed by atoms with van der Waals surface area (Å²) < 4.78 is 5.86. The number of carbonyl (C=O) groups is 1. The van der Waals surface area contributed by atoms with Gasteiger partial charge in [-0.2, -0.15) is 0 Å². The minimum Gasteiger partial charge on any atom is -0.487 e. The Hall–Kier alpha value is -2.08. The van der Waals surface area contributed by atoms with Gasteiger partial charge in [-0.15, -0.1) is 11.3 Å². The summed E-state index contributed by atoms with van der Waals surface area (Å²) in [6.45, 7) is 4.13. The molecule has 0 radical (unpaired) electrons. The van der Waals surface area contributed by atoms with Gasteiger partial charge in [0.15, 0.2) is 0 Å². The van der Waals surface area contributed by atoms with Crippen LogP contribution in [0, 0.1) is 0 Å². The molecule has 0 aliphatic carbocycles. The van der Waals surface area contributed by atoms with E-state index in [4.69, 9.17) is 4.74 Å². The number of thiophene rings is 1. The summed E-state index contributed by atoms with van der Waals surface area (Å²) in [6.07, 6.45) is 4.31. The number of ether oxygens (including phenoxy) is 1. The van der Waals surface area contributed by atoms with Crippen molar-refractivity contribution >= 4 is 17.4 Å². The van der Waals surface area contributed by atoms with Crippen molar-refractivity contribution < 1.29 is 9.53 Å². The molecule has 23 heavy (non-hydrogen) atoms. The van der Waals surface area contributed by atoms with E-state index in [1.165, 1.54) is 4.88 Å². The van der Waals surface area contributed by atoms with Crippen molar-refractivity contribution in [2.45, 2.75) is 25.4 Å². The summed E-state index contributed by atoms with van der Waals surface area (Å²) >= 11 is 1.73. The van der Waals surface area contributed by atoms with Crippen molar-refractivity contribution in [2.24, 2.45) is 0 Å². The van der Waals surface area contributed by atoms with Crippen molar-refractivity contribution in [1.29, 1.82) is 0 Å². The highest BCUT2D eigenvalue weighted by atomic mass is 32.1. The van der Waals surface area contributed by atoms with Gasteiger partial charge in [0.2, 0.25) is 0 Å². The van der Waals surface area contributed by atoms with Crippen LogP contribution in [0.1, 0.15) is 24.1 Å². The van der Waals surface area contributed by atoms with Crippen molar-refractivity contribution in [2.75, 3.05) is 19.6 Å². The summed E-state index contributed by atoms with van der Waals surface area (Å²) in [7, 11) is 0. The van der Waals surface area contributed by atoms with Crippen LogP contribution >= 0.6 is 11.3 Å². The Labute approximate surface area is 140 Å². The Bertz CT molecular complexity index is 618. The van der Waals surface area contributed by atoms with Crippen LogP contribution in [0.25, 0.3) is 0 Å². The maximum atomic E-state index is 12.3. The molecular formula is C17H21N3O2S. The molecule has 2 aromatic rings. The average molecular weight is 331 g/mol.